The third kappa shape index (κ3) is 4.03. The van der Waals surface area contributed by atoms with Gasteiger partial charge >= 0.3 is 0 Å². The molecule has 2 N–H and O–H groups in total. The molecular weight excluding hydrogens is 356 g/mol. The maximum Gasteiger partial charge on any atom is 0.258 e. The molecule has 0 amide bonds. The van der Waals surface area contributed by atoms with Crippen LogP contribution in [0, 0.1) is 0 Å². The van der Waals surface area contributed by atoms with E-state index in [0.29, 0.717) is 23.3 Å². The van der Waals surface area contributed by atoms with E-state index in [-0.39, 0.29) is 6.04 Å². The zero-order chi connectivity index (χ0) is 15.4. The summed E-state index contributed by atoms with van der Waals surface area (Å²) < 4.78 is 6.08. The van der Waals surface area contributed by atoms with Crippen molar-refractivity contribution in [3.63, 3.8) is 0 Å². The van der Waals surface area contributed by atoms with Gasteiger partial charge in [-0.2, -0.15) is 4.98 Å². The van der Waals surface area contributed by atoms with Crippen LogP contribution >= 0.6 is 27.5 Å². The van der Waals surface area contributed by atoms with Crippen molar-refractivity contribution in [2.24, 2.45) is 5.73 Å². The van der Waals surface area contributed by atoms with Crippen molar-refractivity contribution in [2.45, 2.75) is 19.9 Å². The molecule has 1 aromatic heterocycles. The van der Waals surface area contributed by atoms with Crippen LogP contribution < -0.4 is 5.73 Å². The average Bonchev–Trinajstić information content (AvgIpc) is 2.97. The van der Waals surface area contributed by atoms with Crippen molar-refractivity contribution in [1.82, 2.24) is 15.0 Å². The molecule has 0 fully saturated rings. The molecule has 0 aliphatic carbocycles. The van der Waals surface area contributed by atoms with Gasteiger partial charge in [0.1, 0.15) is 0 Å². The molecule has 1 aromatic carbocycles. The summed E-state index contributed by atoms with van der Waals surface area (Å²) in [5, 5.41) is 4.62. The Bertz CT molecular complexity index is 600. The molecule has 1 unspecified atom stereocenters. The van der Waals surface area contributed by atoms with Crippen LogP contribution in [0.3, 0.4) is 0 Å². The number of nitrogens with zero attached hydrogens (tertiary/aromatic N) is 3. The Morgan fingerprint density at radius 3 is 2.71 bits per heavy atom. The molecule has 1 heterocycles. The minimum absolute atomic E-state index is 0.266. The van der Waals surface area contributed by atoms with Crippen LogP contribution in [0.5, 0.6) is 0 Å². The Morgan fingerprint density at radius 1 is 1.38 bits per heavy atom. The predicted molar refractivity (Wildman–Crippen MR) is 87.2 cm³/mol. The first-order chi connectivity index (χ1) is 10.0. The number of likely N-dealkylation sites (N-methyl/N-ethyl adjacent to an activating group) is 1. The van der Waals surface area contributed by atoms with E-state index < -0.39 is 0 Å². The fraction of sp³-hybridized carbons (Fsp3) is 0.429. The third-order valence-electron chi connectivity index (χ3n) is 3.29. The van der Waals surface area contributed by atoms with E-state index in [1.54, 1.807) is 6.07 Å². The van der Waals surface area contributed by atoms with E-state index in [4.69, 9.17) is 21.9 Å². The van der Waals surface area contributed by atoms with E-state index in [0.717, 1.165) is 23.1 Å². The van der Waals surface area contributed by atoms with Gasteiger partial charge in [-0.25, -0.2) is 0 Å². The van der Waals surface area contributed by atoms with E-state index >= 15 is 0 Å². The van der Waals surface area contributed by atoms with Crippen LogP contribution in [0.2, 0.25) is 5.02 Å². The molecule has 0 aliphatic heterocycles. The van der Waals surface area contributed by atoms with Crippen LogP contribution in [-0.2, 0) is 0 Å². The van der Waals surface area contributed by atoms with Crippen LogP contribution in [-0.4, -0.2) is 34.7 Å². The van der Waals surface area contributed by atoms with E-state index in [1.165, 1.54) is 0 Å². The fourth-order valence-electron chi connectivity index (χ4n) is 1.97. The summed E-state index contributed by atoms with van der Waals surface area (Å²) in [4.78, 5) is 6.60. The second kappa shape index (κ2) is 7.35. The van der Waals surface area contributed by atoms with Crippen LogP contribution in [0.4, 0.5) is 0 Å². The molecule has 0 saturated heterocycles. The third-order valence-corrected chi connectivity index (χ3v) is 4.50. The molecule has 21 heavy (non-hydrogen) atoms. The standard InChI is InChI=1S/C14H18BrClN4O/c1-3-20(4-2)8-12(17)13-18-14(21-19-13)9-5-6-11(16)10(15)7-9/h5-7,12H,3-4,8,17H2,1-2H3. The van der Waals surface area contributed by atoms with Crippen molar-refractivity contribution in [3.05, 3.63) is 33.5 Å². The lowest BCUT2D eigenvalue weighted by Gasteiger charge is -2.20. The predicted octanol–water partition coefficient (Wildman–Crippen LogP) is 3.49. The second-order valence-electron chi connectivity index (χ2n) is 4.68. The first-order valence-electron chi connectivity index (χ1n) is 6.82. The summed E-state index contributed by atoms with van der Waals surface area (Å²) in [5.41, 5.74) is 6.94. The Labute approximate surface area is 137 Å². The number of rotatable bonds is 6. The van der Waals surface area contributed by atoms with Gasteiger partial charge in [-0.3, -0.25) is 0 Å². The lowest BCUT2D eigenvalue weighted by Crippen LogP contribution is -2.32. The highest BCUT2D eigenvalue weighted by molar-refractivity contribution is 9.10. The second-order valence-corrected chi connectivity index (χ2v) is 5.94. The van der Waals surface area contributed by atoms with E-state index in [9.17, 15) is 0 Å². The zero-order valence-corrected chi connectivity index (χ0v) is 14.4. The number of nitrogens with two attached hydrogens (primary N) is 1. The average molecular weight is 374 g/mol. The minimum atomic E-state index is -0.266. The van der Waals surface area contributed by atoms with Gasteiger partial charge in [0.25, 0.3) is 5.89 Å². The van der Waals surface area contributed by atoms with Gasteiger partial charge < -0.3 is 15.2 Å². The van der Waals surface area contributed by atoms with E-state index in [2.05, 4.69) is 44.8 Å². The maximum absolute atomic E-state index is 6.14. The molecule has 5 nitrogen and oxygen atoms in total. The smallest absolute Gasteiger partial charge is 0.258 e. The first-order valence-corrected chi connectivity index (χ1v) is 7.99. The molecule has 2 aromatic rings. The van der Waals surface area contributed by atoms with Crippen molar-refractivity contribution in [2.75, 3.05) is 19.6 Å². The number of hydrogen-bond acceptors (Lipinski definition) is 5. The van der Waals surface area contributed by atoms with Crippen molar-refractivity contribution >= 4 is 27.5 Å². The molecule has 0 saturated carbocycles. The van der Waals surface area contributed by atoms with Gasteiger partial charge in [0.2, 0.25) is 0 Å². The van der Waals surface area contributed by atoms with Crippen molar-refractivity contribution < 1.29 is 4.52 Å². The lowest BCUT2D eigenvalue weighted by molar-refractivity contribution is 0.278. The normalized spacial score (nSPS) is 12.9. The zero-order valence-electron chi connectivity index (χ0n) is 12.0. The number of benzene rings is 1. The summed E-state index contributed by atoms with van der Waals surface area (Å²) in [5.74, 6) is 0.959. The van der Waals surface area contributed by atoms with Gasteiger partial charge in [-0.15, -0.1) is 0 Å². The van der Waals surface area contributed by atoms with Gasteiger partial charge in [0.15, 0.2) is 5.82 Å². The Morgan fingerprint density at radius 2 is 2.10 bits per heavy atom. The Kier molecular flexibility index (Phi) is 5.75. The first kappa shape index (κ1) is 16.4. The molecule has 2 rings (SSSR count). The fourth-order valence-corrected chi connectivity index (χ4v) is 2.47. The van der Waals surface area contributed by atoms with E-state index in [1.807, 2.05) is 12.1 Å². The van der Waals surface area contributed by atoms with Gasteiger partial charge in [0, 0.05) is 16.6 Å². The molecule has 0 aliphatic rings. The molecule has 7 heteroatoms. The quantitative estimate of drug-likeness (QED) is 0.839. The summed E-state index contributed by atoms with van der Waals surface area (Å²) in [7, 11) is 0. The summed E-state index contributed by atoms with van der Waals surface area (Å²) in [6.45, 7) is 6.79. The summed E-state index contributed by atoms with van der Waals surface area (Å²) >= 11 is 9.35. The molecule has 0 bridgehead atoms. The summed E-state index contributed by atoms with van der Waals surface area (Å²) in [6, 6.07) is 5.19. The molecule has 0 spiro atoms. The Hall–Kier alpha value is -0.950. The highest BCUT2D eigenvalue weighted by Gasteiger charge is 2.17. The largest absolute Gasteiger partial charge is 0.334 e. The monoisotopic (exact) mass is 372 g/mol. The van der Waals surface area contributed by atoms with Crippen molar-refractivity contribution in [3.8, 4) is 11.5 Å². The molecule has 1 atom stereocenters. The SMILES string of the molecule is CCN(CC)CC(N)c1noc(-c2ccc(Cl)c(Br)c2)n1. The van der Waals surface area contributed by atoms with Crippen LogP contribution in [0.25, 0.3) is 11.5 Å². The molecular formula is C14H18BrClN4O. The molecule has 114 valence electrons. The highest BCUT2D eigenvalue weighted by atomic mass is 79.9. The number of aromatic nitrogens is 2. The summed E-state index contributed by atoms with van der Waals surface area (Å²) in [6.07, 6.45) is 0. The number of halogens is 2. The Balaban J connectivity index is 2.15. The lowest BCUT2D eigenvalue weighted by atomic mass is 10.2. The highest BCUT2D eigenvalue weighted by Crippen LogP contribution is 2.28. The number of hydrogen-bond donors (Lipinski definition) is 1. The van der Waals surface area contributed by atoms with Gasteiger partial charge in [0.05, 0.1) is 11.1 Å². The van der Waals surface area contributed by atoms with Crippen LogP contribution in [0.15, 0.2) is 27.2 Å². The maximum atomic E-state index is 6.14. The minimum Gasteiger partial charge on any atom is -0.334 e. The molecule has 0 radical (unpaired) electrons. The van der Waals surface area contributed by atoms with Crippen LogP contribution in [0.1, 0.15) is 25.7 Å². The van der Waals surface area contributed by atoms with Crippen molar-refractivity contribution in [1.29, 1.82) is 0 Å². The van der Waals surface area contributed by atoms with Gasteiger partial charge in [-0.05, 0) is 47.2 Å². The topological polar surface area (TPSA) is 68.2 Å². The van der Waals surface area contributed by atoms with Gasteiger partial charge in [-0.1, -0.05) is 30.6 Å².